The Balaban J connectivity index is 2.25. The fourth-order valence-corrected chi connectivity index (χ4v) is 2.20. The van der Waals surface area contributed by atoms with E-state index < -0.39 is 18.0 Å². The molecule has 108 valence electrons. The van der Waals surface area contributed by atoms with E-state index in [1.54, 1.807) is 0 Å². The van der Waals surface area contributed by atoms with Gasteiger partial charge in [0, 0.05) is 6.54 Å². The smallest absolute Gasteiger partial charge is 0.326 e. The van der Waals surface area contributed by atoms with Crippen molar-refractivity contribution in [2.24, 2.45) is 5.92 Å². The zero-order valence-electron chi connectivity index (χ0n) is 11.7. The second kappa shape index (κ2) is 7.81. The van der Waals surface area contributed by atoms with Crippen molar-refractivity contribution in [2.45, 2.75) is 52.0 Å². The monoisotopic (exact) mass is 268 g/mol. The third kappa shape index (κ3) is 6.27. The molecule has 0 heterocycles. The van der Waals surface area contributed by atoms with Crippen LogP contribution in [-0.4, -0.2) is 29.7 Å². The van der Waals surface area contributed by atoms with Crippen molar-refractivity contribution in [3.63, 3.8) is 0 Å². The predicted molar refractivity (Wildman–Crippen MR) is 74.0 cm³/mol. The van der Waals surface area contributed by atoms with Crippen molar-refractivity contribution in [1.82, 2.24) is 10.6 Å². The summed E-state index contributed by atoms with van der Waals surface area (Å²) < 4.78 is 0. The largest absolute Gasteiger partial charge is 0.480 e. The van der Waals surface area contributed by atoms with Crippen molar-refractivity contribution in [3.05, 3.63) is 11.6 Å². The first-order chi connectivity index (χ1) is 8.99. The SMILES string of the molecule is CC(C)CC(NC(=O)NCCC1=CCCC1)C(=O)O. The lowest BCUT2D eigenvalue weighted by atomic mass is 10.0. The van der Waals surface area contributed by atoms with Crippen molar-refractivity contribution in [1.29, 1.82) is 0 Å². The highest BCUT2D eigenvalue weighted by molar-refractivity contribution is 5.82. The summed E-state index contributed by atoms with van der Waals surface area (Å²) in [4.78, 5) is 22.6. The van der Waals surface area contributed by atoms with Crippen LogP contribution in [0.25, 0.3) is 0 Å². The average Bonchev–Trinajstić information content (AvgIpc) is 2.80. The number of carboxylic acid groups (broad SMARTS) is 1. The molecule has 0 radical (unpaired) electrons. The van der Waals surface area contributed by atoms with Crippen LogP contribution >= 0.6 is 0 Å². The fourth-order valence-electron chi connectivity index (χ4n) is 2.20. The number of carbonyl (C=O) groups is 2. The number of amides is 2. The normalized spacial score (nSPS) is 16.1. The molecule has 1 aliphatic carbocycles. The molecule has 5 heteroatoms. The number of aliphatic carboxylic acids is 1. The lowest BCUT2D eigenvalue weighted by Gasteiger charge is -2.17. The summed E-state index contributed by atoms with van der Waals surface area (Å²) in [5, 5.41) is 14.2. The third-order valence-corrected chi connectivity index (χ3v) is 3.18. The minimum atomic E-state index is -0.984. The number of rotatable bonds is 7. The Morgan fingerprint density at radius 2 is 2.16 bits per heavy atom. The number of hydrogen-bond donors (Lipinski definition) is 3. The van der Waals surface area contributed by atoms with Gasteiger partial charge in [-0.3, -0.25) is 0 Å². The Hall–Kier alpha value is -1.52. The summed E-state index contributed by atoms with van der Waals surface area (Å²) in [5.41, 5.74) is 1.39. The summed E-state index contributed by atoms with van der Waals surface area (Å²) in [6.45, 7) is 4.43. The van der Waals surface area contributed by atoms with Crippen LogP contribution < -0.4 is 10.6 Å². The first kappa shape index (κ1) is 15.5. The second-order valence-corrected chi connectivity index (χ2v) is 5.43. The van der Waals surface area contributed by atoms with Gasteiger partial charge in [-0.2, -0.15) is 0 Å². The van der Waals surface area contributed by atoms with E-state index >= 15 is 0 Å². The molecule has 5 nitrogen and oxygen atoms in total. The molecule has 1 unspecified atom stereocenters. The van der Waals surface area contributed by atoms with Gasteiger partial charge in [0.15, 0.2) is 0 Å². The van der Waals surface area contributed by atoms with Gasteiger partial charge < -0.3 is 15.7 Å². The van der Waals surface area contributed by atoms with E-state index in [-0.39, 0.29) is 5.92 Å². The first-order valence-electron chi connectivity index (χ1n) is 6.94. The van der Waals surface area contributed by atoms with Crippen molar-refractivity contribution in [3.8, 4) is 0 Å². The Labute approximate surface area is 114 Å². The minimum absolute atomic E-state index is 0.227. The molecule has 1 aliphatic rings. The zero-order valence-corrected chi connectivity index (χ0v) is 11.7. The van der Waals surface area contributed by atoms with Crippen LogP contribution in [0.3, 0.4) is 0 Å². The number of carbonyl (C=O) groups excluding carboxylic acids is 1. The van der Waals surface area contributed by atoms with Gasteiger partial charge in [-0.15, -0.1) is 0 Å². The molecule has 0 aromatic heterocycles. The molecule has 0 bridgehead atoms. The minimum Gasteiger partial charge on any atom is -0.480 e. The number of allylic oxidation sites excluding steroid dienone is 1. The highest BCUT2D eigenvalue weighted by Crippen LogP contribution is 2.19. The molecule has 0 aromatic rings. The van der Waals surface area contributed by atoms with Crippen LogP contribution in [0.1, 0.15) is 46.0 Å². The summed E-state index contributed by atoms with van der Waals surface area (Å²) in [7, 11) is 0. The van der Waals surface area contributed by atoms with Crippen LogP contribution in [0.15, 0.2) is 11.6 Å². The van der Waals surface area contributed by atoms with Gasteiger partial charge >= 0.3 is 12.0 Å². The van der Waals surface area contributed by atoms with E-state index in [0.717, 1.165) is 19.3 Å². The van der Waals surface area contributed by atoms with Crippen LogP contribution in [-0.2, 0) is 4.79 Å². The van der Waals surface area contributed by atoms with Gasteiger partial charge in [0.05, 0.1) is 0 Å². The summed E-state index contributed by atoms with van der Waals surface area (Å²) in [5.74, 6) is -0.757. The van der Waals surface area contributed by atoms with Crippen LogP contribution in [0.4, 0.5) is 4.79 Å². The molecule has 19 heavy (non-hydrogen) atoms. The predicted octanol–water partition coefficient (Wildman–Crippen LogP) is 2.29. The van der Waals surface area contributed by atoms with Gasteiger partial charge in [-0.25, -0.2) is 9.59 Å². The van der Waals surface area contributed by atoms with E-state index in [1.807, 2.05) is 13.8 Å². The van der Waals surface area contributed by atoms with E-state index in [1.165, 1.54) is 12.0 Å². The molecular weight excluding hydrogens is 244 g/mol. The number of urea groups is 1. The van der Waals surface area contributed by atoms with E-state index in [2.05, 4.69) is 16.7 Å². The quantitative estimate of drug-likeness (QED) is 0.620. The van der Waals surface area contributed by atoms with Crippen molar-refractivity contribution >= 4 is 12.0 Å². The number of carboxylic acids is 1. The molecule has 1 atom stereocenters. The molecule has 3 N–H and O–H groups in total. The van der Waals surface area contributed by atoms with E-state index in [0.29, 0.717) is 13.0 Å². The fraction of sp³-hybridized carbons (Fsp3) is 0.714. The van der Waals surface area contributed by atoms with Gasteiger partial charge in [0.2, 0.25) is 0 Å². The van der Waals surface area contributed by atoms with Crippen LogP contribution in [0, 0.1) is 5.92 Å². The maximum Gasteiger partial charge on any atom is 0.326 e. The second-order valence-electron chi connectivity index (χ2n) is 5.43. The number of nitrogens with one attached hydrogen (secondary N) is 2. The van der Waals surface area contributed by atoms with Gasteiger partial charge in [-0.1, -0.05) is 25.5 Å². The maximum atomic E-state index is 11.6. The molecule has 2 amide bonds. The first-order valence-corrected chi connectivity index (χ1v) is 6.94. The molecule has 0 aromatic carbocycles. The van der Waals surface area contributed by atoms with Gasteiger partial charge in [0.25, 0.3) is 0 Å². The average molecular weight is 268 g/mol. The lowest BCUT2D eigenvalue weighted by Crippen LogP contribution is -2.46. The standard InChI is InChI=1S/C14H24N2O3/c1-10(2)9-12(13(17)18)16-14(19)15-8-7-11-5-3-4-6-11/h5,10,12H,3-4,6-9H2,1-2H3,(H,17,18)(H2,15,16,19). The topological polar surface area (TPSA) is 78.4 Å². The van der Waals surface area contributed by atoms with Crippen molar-refractivity contribution in [2.75, 3.05) is 6.54 Å². The molecule has 0 aliphatic heterocycles. The summed E-state index contributed by atoms with van der Waals surface area (Å²) >= 11 is 0. The molecule has 1 rings (SSSR count). The highest BCUT2D eigenvalue weighted by atomic mass is 16.4. The maximum absolute atomic E-state index is 11.6. The zero-order chi connectivity index (χ0) is 14.3. The van der Waals surface area contributed by atoms with Crippen LogP contribution in [0.2, 0.25) is 0 Å². The van der Waals surface area contributed by atoms with E-state index in [9.17, 15) is 9.59 Å². The Morgan fingerprint density at radius 1 is 1.42 bits per heavy atom. The Bertz CT molecular complexity index is 351. The molecule has 0 spiro atoms. The lowest BCUT2D eigenvalue weighted by molar-refractivity contribution is -0.139. The summed E-state index contributed by atoms with van der Waals surface area (Å²) in [6, 6.07) is -1.21. The summed E-state index contributed by atoms with van der Waals surface area (Å²) in [6.07, 6.45) is 6.98. The molecule has 0 saturated carbocycles. The van der Waals surface area contributed by atoms with E-state index in [4.69, 9.17) is 5.11 Å². The Kier molecular flexibility index (Phi) is 6.39. The number of hydrogen-bond acceptors (Lipinski definition) is 2. The van der Waals surface area contributed by atoms with Gasteiger partial charge in [0.1, 0.15) is 6.04 Å². The van der Waals surface area contributed by atoms with Crippen molar-refractivity contribution < 1.29 is 14.7 Å². The molecule has 0 saturated heterocycles. The third-order valence-electron chi connectivity index (χ3n) is 3.18. The highest BCUT2D eigenvalue weighted by Gasteiger charge is 2.20. The molecule has 0 fully saturated rings. The van der Waals surface area contributed by atoms with Crippen LogP contribution in [0.5, 0.6) is 0 Å². The van der Waals surface area contributed by atoms with Gasteiger partial charge in [-0.05, 0) is 38.0 Å². The Morgan fingerprint density at radius 3 is 2.68 bits per heavy atom. The molecular formula is C14H24N2O3.